The maximum atomic E-state index is 12.5. The van der Waals surface area contributed by atoms with E-state index in [2.05, 4.69) is 15.6 Å². The van der Waals surface area contributed by atoms with Crippen LogP contribution < -0.4 is 10.6 Å². The Morgan fingerprint density at radius 3 is 2.54 bits per heavy atom. The molecule has 4 aromatic rings. The molecule has 6 nitrogen and oxygen atoms in total. The topological polar surface area (TPSA) is 84.2 Å². The Morgan fingerprint density at radius 2 is 1.73 bits per heavy atom. The first-order valence-corrected chi connectivity index (χ1v) is 8.07. The van der Waals surface area contributed by atoms with Gasteiger partial charge in [-0.05, 0) is 35.0 Å². The summed E-state index contributed by atoms with van der Waals surface area (Å²) in [6, 6.07) is 18.5. The molecule has 26 heavy (non-hydrogen) atoms. The first kappa shape index (κ1) is 15.8. The van der Waals surface area contributed by atoms with Crippen molar-refractivity contribution in [3.05, 3.63) is 66.2 Å². The number of carbonyl (C=O) groups is 2. The molecule has 1 aromatic heterocycles. The average Bonchev–Trinajstić information content (AvgIpc) is 3.02. The Morgan fingerprint density at radius 1 is 0.923 bits per heavy atom. The van der Waals surface area contributed by atoms with Crippen molar-refractivity contribution in [1.82, 2.24) is 4.98 Å². The maximum absolute atomic E-state index is 12.5. The second-order valence-corrected chi connectivity index (χ2v) is 5.90. The van der Waals surface area contributed by atoms with Crippen LogP contribution in [0, 0.1) is 0 Å². The molecular weight excluding hydrogens is 330 g/mol. The zero-order valence-corrected chi connectivity index (χ0v) is 13.9. The fraction of sp³-hybridized carbons (Fsp3) is 0.0500. The largest absolute Gasteiger partial charge is 0.423 e. The Bertz CT molecular complexity index is 1150. The molecule has 0 bridgehead atoms. The van der Waals surface area contributed by atoms with E-state index in [1.54, 1.807) is 24.3 Å². The highest BCUT2D eigenvalue weighted by atomic mass is 16.4. The molecule has 2 N–H and O–H groups in total. The predicted molar refractivity (Wildman–Crippen MR) is 100 cm³/mol. The average molecular weight is 345 g/mol. The lowest BCUT2D eigenvalue weighted by atomic mass is 10.1. The number of benzene rings is 3. The molecule has 4 rings (SSSR count). The van der Waals surface area contributed by atoms with Gasteiger partial charge in [-0.2, -0.15) is 4.98 Å². The van der Waals surface area contributed by atoms with Crippen molar-refractivity contribution in [2.45, 2.75) is 6.92 Å². The van der Waals surface area contributed by atoms with Gasteiger partial charge in [-0.1, -0.05) is 30.3 Å². The summed E-state index contributed by atoms with van der Waals surface area (Å²) in [4.78, 5) is 27.9. The molecular formula is C20H15N3O3. The summed E-state index contributed by atoms with van der Waals surface area (Å²) in [5, 5.41) is 7.39. The van der Waals surface area contributed by atoms with Crippen LogP contribution in [0.4, 0.5) is 11.7 Å². The molecule has 0 aliphatic heterocycles. The normalized spacial score (nSPS) is 10.8. The van der Waals surface area contributed by atoms with Crippen LogP contribution in [0.25, 0.3) is 21.9 Å². The number of hydrogen-bond donors (Lipinski definition) is 2. The van der Waals surface area contributed by atoms with E-state index in [0.717, 1.165) is 10.8 Å². The molecule has 0 fully saturated rings. The highest BCUT2D eigenvalue weighted by Gasteiger charge is 2.12. The third-order valence-corrected chi connectivity index (χ3v) is 3.94. The summed E-state index contributed by atoms with van der Waals surface area (Å²) in [7, 11) is 0. The second-order valence-electron chi connectivity index (χ2n) is 5.90. The molecule has 0 spiro atoms. The molecule has 128 valence electrons. The van der Waals surface area contributed by atoms with Gasteiger partial charge < -0.3 is 9.73 Å². The minimum Gasteiger partial charge on any atom is -0.423 e. The summed E-state index contributed by atoms with van der Waals surface area (Å²) in [5.41, 5.74) is 2.19. The molecule has 2 amide bonds. The van der Waals surface area contributed by atoms with Gasteiger partial charge in [0.15, 0.2) is 5.58 Å². The number of amides is 2. The van der Waals surface area contributed by atoms with Crippen molar-refractivity contribution in [1.29, 1.82) is 0 Å². The van der Waals surface area contributed by atoms with Gasteiger partial charge in [-0.15, -0.1) is 0 Å². The Labute approximate surface area is 148 Å². The minimum atomic E-state index is -0.301. The van der Waals surface area contributed by atoms with Gasteiger partial charge in [0.1, 0.15) is 5.52 Å². The number of nitrogens with zero attached hydrogens (tertiary/aromatic N) is 1. The highest BCUT2D eigenvalue weighted by Crippen LogP contribution is 2.23. The third-order valence-electron chi connectivity index (χ3n) is 3.94. The standard InChI is InChI=1S/C20H15N3O3/c1-12(24)21-16-8-9-17-18(11-16)26-20(22-17)23-19(25)15-7-6-13-4-2-3-5-14(13)10-15/h2-11H,1H3,(H,21,24)(H,22,23,25). The Balaban J connectivity index is 1.59. The Hall–Kier alpha value is -3.67. The number of nitrogens with one attached hydrogen (secondary N) is 2. The van der Waals surface area contributed by atoms with E-state index < -0.39 is 0 Å². The van der Waals surface area contributed by atoms with Gasteiger partial charge in [-0.3, -0.25) is 14.9 Å². The van der Waals surface area contributed by atoms with Crippen LogP contribution in [0.3, 0.4) is 0 Å². The van der Waals surface area contributed by atoms with E-state index in [1.807, 2.05) is 36.4 Å². The van der Waals surface area contributed by atoms with Gasteiger partial charge >= 0.3 is 6.01 Å². The molecule has 0 radical (unpaired) electrons. The minimum absolute atomic E-state index is 0.109. The van der Waals surface area contributed by atoms with Crippen LogP contribution in [-0.2, 0) is 4.79 Å². The molecule has 0 aliphatic carbocycles. The van der Waals surface area contributed by atoms with E-state index in [1.165, 1.54) is 6.92 Å². The molecule has 0 saturated carbocycles. The monoisotopic (exact) mass is 345 g/mol. The van der Waals surface area contributed by atoms with E-state index in [0.29, 0.717) is 22.4 Å². The van der Waals surface area contributed by atoms with Gasteiger partial charge in [0.2, 0.25) is 5.91 Å². The van der Waals surface area contributed by atoms with Crippen LogP contribution in [0.2, 0.25) is 0 Å². The highest BCUT2D eigenvalue weighted by molar-refractivity contribution is 6.06. The number of oxazole rings is 1. The van der Waals surface area contributed by atoms with E-state index in [-0.39, 0.29) is 17.8 Å². The maximum Gasteiger partial charge on any atom is 0.302 e. The summed E-state index contributed by atoms with van der Waals surface area (Å²) >= 11 is 0. The van der Waals surface area contributed by atoms with E-state index in [9.17, 15) is 9.59 Å². The smallest absolute Gasteiger partial charge is 0.302 e. The van der Waals surface area contributed by atoms with Gasteiger partial charge in [0, 0.05) is 24.2 Å². The first-order valence-electron chi connectivity index (χ1n) is 8.07. The number of carbonyl (C=O) groups excluding carboxylic acids is 2. The summed E-state index contributed by atoms with van der Waals surface area (Å²) in [5.74, 6) is -0.474. The predicted octanol–water partition coefficient (Wildman–Crippen LogP) is 4.19. The Kier molecular flexibility index (Phi) is 3.85. The lowest BCUT2D eigenvalue weighted by molar-refractivity contribution is -0.114. The number of fused-ring (bicyclic) bond motifs is 2. The lowest BCUT2D eigenvalue weighted by Gasteiger charge is -2.03. The van der Waals surface area contributed by atoms with Crippen LogP contribution >= 0.6 is 0 Å². The molecule has 6 heteroatoms. The third kappa shape index (κ3) is 3.12. The summed E-state index contributed by atoms with van der Waals surface area (Å²) < 4.78 is 5.58. The quantitative estimate of drug-likeness (QED) is 0.583. The zero-order chi connectivity index (χ0) is 18.1. The molecule has 0 aliphatic rings. The van der Waals surface area contributed by atoms with Crippen molar-refractivity contribution in [2.24, 2.45) is 0 Å². The second kappa shape index (κ2) is 6.33. The number of anilines is 2. The lowest BCUT2D eigenvalue weighted by Crippen LogP contribution is -2.11. The van der Waals surface area contributed by atoms with E-state index in [4.69, 9.17) is 4.42 Å². The fourth-order valence-electron chi connectivity index (χ4n) is 2.76. The number of hydrogen-bond acceptors (Lipinski definition) is 4. The molecule has 0 unspecified atom stereocenters. The van der Waals surface area contributed by atoms with Crippen LogP contribution in [-0.4, -0.2) is 16.8 Å². The van der Waals surface area contributed by atoms with Crippen LogP contribution in [0.5, 0.6) is 0 Å². The number of rotatable bonds is 3. The molecule has 1 heterocycles. The van der Waals surface area contributed by atoms with Crippen molar-refractivity contribution in [3.8, 4) is 0 Å². The zero-order valence-electron chi connectivity index (χ0n) is 13.9. The molecule has 0 atom stereocenters. The summed E-state index contributed by atoms with van der Waals surface area (Å²) in [6.07, 6.45) is 0. The van der Waals surface area contributed by atoms with Crippen molar-refractivity contribution in [3.63, 3.8) is 0 Å². The van der Waals surface area contributed by atoms with Gasteiger partial charge in [0.05, 0.1) is 0 Å². The van der Waals surface area contributed by atoms with E-state index >= 15 is 0 Å². The number of aromatic nitrogens is 1. The molecule has 3 aromatic carbocycles. The van der Waals surface area contributed by atoms with Gasteiger partial charge in [0.25, 0.3) is 5.91 Å². The first-order chi connectivity index (χ1) is 12.6. The van der Waals surface area contributed by atoms with Crippen molar-refractivity contribution < 1.29 is 14.0 Å². The van der Waals surface area contributed by atoms with Crippen molar-refractivity contribution in [2.75, 3.05) is 10.6 Å². The van der Waals surface area contributed by atoms with Crippen LogP contribution in [0.1, 0.15) is 17.3 Å². The summed E-state index contributed by atoms with van der Waals surface area (Å²) in [6.45, 7) is 1.43. The SMILES string of the molecule is CC(=O)Nc1ccc2nc(NC(=O)c3ccc4ccccc4c3)oc2c1. The van der Waals surface area contributed by atoms with Crippen LogP contribution in [0.15, 0.2) is 65.1 Å². The van der Waals surface area contributed by atoms with Crippen molar-refractivity contribution >= 4 is 45.4 Å². The molecule has 0 saturated heterocycles. The fourth-order valence-corrected chi connectivity index (χ4v) is 2.76. The van der Waals surface area contributed by atoms with Gasteiger partial charge in [-0.25, -0.2) is 0 Å².